The van der Waals surface area contributed by atoms with Gasteiger partial charge in [-0.3, -0.25) is 4.79 Å². The number of amides is 1. The lowest BCUT2D eigenvalue weighted by Gasteiger charge is -2.44. The Morgan fingerprint density at radius 2 is 1.59 bits per heavy atom. The van der Waals surface area contributed by atoms with Crippen LogP contribution in [0.3, 0.4) is 0 Å². The highest BCUT2D eigenvalue weighted by Crippen LogP contribution is 2.49. The largest absolute Gasteiger partial charge is 0.497 e. The number of fused-ring (bicyclic) bond motifs is 1. The molecule has 3 aliphatic rings. The second kappa shape index (κ2) is 9.85. The minimum atomic E-state index is -0.858. The zero-order chi connectivity index (χ0) is 23.5. The summed E-state index contributed by atoms with van der Waals surface area (Å²) in [7, 11) is 1.65. The van der Waals surface area contributed by atoms with Crippen molar-refractivity contribution in [3.8, 4) is 5.75 Å². The van der Waals surface area contributed by atoms with Crippen molar-refractivity contribution in [1.82, 2.24) is 5.32 Å². The van der Waals surface area contributed by atoms with E-state index in [4.69, 9.17) is 4.74 Å². The van der Waals surface area contributed by atoms with Crippen molar-refractivity contribution >= 4 is 17.3 Å². The first-order valence-electron chi connectivity index (χ1n) is 12.9. The lowest BCUT2D eigenvalue weighted by molar-refractivity contribution is -0.130. The summed E-state index contributed by atoms with van der Waals surface area (Å²) in [6.07, 6.45) is 11.2. The van der Waals surface area contributed by atoms with Crippen LogP contribution < -0.4 is 20.7 Å². The van der Waals surface area contributed by atoms with Crippen LogP contribution in [0.5, 0.6) is 5.75 Å². The van der Waals surface area contributed by atoms with Crippen LogP contribution in [0, 0.1) is 17.7 Å². The standard InChI is InChI=1S/C28H36FN3O2/c1-34-23-15-12-20(13-16-23)28(31-24-17-14-21(29)18-25(24)32-28)26(19-8-4-2-5-9-19)27(33)30-22-10-6-3-7-11-22/h12-19,22,26,31-32H,2-11H2,1H3,(H,30,33). The fourth-order valence-electron chi connectivity index (χ4n) is 6.29. The van der Waals surface area contributed by atoms with E-state index in [0.29, 0.717) is 5.69 Å². The molecule has 2 unspecified atom stereocenters. The number of methoxy groups -OCH3 is 1. The van der Waals surface area contributed by atoms with Crippen molar-refractivity contribution in [3.05, 3.63) is 53.8 Å². The number of halogens is 1. The highest BCUT2D eigenvalue weighted by Gasteiger charge is 2.52. The van der Waals surface area contributed by atoms with Gasteiger partial charge in [-0.25, -0.2) is 4.39 Å². The van der Waals surface area contributed by atoms with E-state index in [1.54, 1.807) is 13.2 Å². The van der Waals surface area contributed by atoms with E-state index in [9.17, 15) is 9.18 Å². The highest BCUT2D eigenvalue weighted by atomic mass is 19.1. The molecule has 182 valence electrons. The van der Waals surface area contributed by atoms with Gasteiger partial charge in [0.15, 0.2) is 0 Å². The van der Waals surface area contributed by atoms with Gasteiger partial charge in [0, 0.05) is 6.04 Å². The number of carbonyl (C=O) groups excluding carboxylic acids is 1. The lowest BCUT2D eigenvalue weighted by atomic mass is 9.71. The number of rotatable bonds is 6. The van der Waals surface area contributed by atoms with Gasteiger partial charge < -0.3 is 20.7 Å². The molecule has 5 nitrogen and oxygen atoms in total. The fraction of sp³-hybridized carbons (Fsp3) is 0.536. The van der Waals surface area contributed by atoms with Gasteiger partial charge in [0.05, 0.1) is 24.4 Å². The van der Waals surface area contributed by atoms with E-state index in [0.717, 1.165) is 55.5 Å². The summed E-state index contributed by atoms with van der Waals surface area (Å²) in [5, 5.41) is 10.7. The van der Waals surface area contributed by atoms with Gasteiger partial charge in [0.25, 0.3) is 0 Å². The van der Waals surface area contributed by atoms with Gasteiger partial charge >= 0.3 is 0 Å². The lowest BCUT2D eigenvalue weighted by Crippen LogP contribution is -2.56. The Kier molecular flexibility index (Phi) is 6.66. The first-order chi connectivity index (χ1) is 16.6. The van der Waals surface area contributed by atoms with Crippen molar-refractivity contribution in [2.45, 2.75) is 75.9 Å². The molecule has 1 heterocycles. The molecule has 2 fully saturated rings. The number of benzene rings is 2. The molecule has 2 aliphatic carbocycles. The number of ether oxygens (including phenoxy) is 1. The Morgan fingerprint density at radius 3 is 2.26 bits per heavy atom. The van der Waals surface area contributed by atoms with Crippen molar-refractivity contribution in [3.63, 3.8) is 0 Å². The molecule has 34 heavy (non-hydrogen) atoms. The first kappa shape index (κ1) is 23.0. The van der Waals surface area contributed by atoms with Crippen molar-refractivity contribution in [2.24, 2.45) is 11.8 Å². The summed E-state index contributed by atoms with van der Waals surface area (Å²) in [6, 6.07) is 12.9. The Morgan fingerprint density at radius 1 is 0.941 bits per heavy atom. The number of hydrogen-bond donors (Lipinski definition) is 3. The predicted molar refractivity (Wildman–Crippen MR) is 133 cm³/mol. The molecule has 0 saturated heterocycles. The molecule has 2 aromatic carbocycles. The van der Waals surface area contributed by atoms with Gasteiger partial charge in [0.1, 0.15) is 17.2 Å². The minimum Gasteiger partial charge on any atom is -0.497 e. The summed E-state index contributed by atoms with van der Waals surface area (Å²) in [5.74, 6) is 0.473. The highest BCUT2D eigenvalue weighted by molar-refractivity contribution is 5.86. The normalized spacial score (nSPS) is 23.9. The summed E-state index contributed by atoms with van der Waals surface area (Å²) >= 11 is 0. The SMILES string of the molecule is COc1ccc(C2(C(C(=O)NC3CCCCC3)C3CCCCC3)Nc3ccc(F)cc3N2)cc1. The molecule has 6 heteroatoms. The smallest absolute Gasteiger partial charge is 0.228 e. The fourth-order valence-corrected chi connectivity index (χ4v) is 6.29. The molecule has 0 aromatic heterocycles. The maximum absolute atomic E-state index is 14.2. The van der Waals surface area contributed by atoms with E-state index >= 15 is 0 Å². The molecule has 2 saturated carbocycles. The summed E-state index contributed by atoms with van der Waals surface area (Å²) in [5.41, 5.74) is 1.62. The van der Waals surface area contributed by atoms with Crippen molar-refractivity contribution in [2.75, 3.05) is 17.7 Å². The van der Waals surface area contributed by atoms with Crippen LogP contribution >= 0.6 is 0 Å². The Bertz CT molecular complexity index is 999. The van der Waals surface area contributed by atoms with Crippen molar-refractivity contribution in [1.29, 1.82) is 0 Å². The van der Waals surface area contributed by atoms with E-state index in [1.807, 2.05) is 24.3 Å². The summed E-state index contributed by atoms with van der Waals surface area (Å²) < 4.78 is 19.6. The molecule has 2 aromatic rings. The molecule has 0 radical (unpaired) electrons. The first-order valence-corrected chi connectivity index (χ1v) is 12.9. The number of anilines is 2. The molecule has 1 aliphatic heterocycles. The zero-order valence-corrected chi connectivity index (χ0v) is 20.0. The molecule has 0 bridgehead atoms. The van der Waals surface area contributed by atoms with Gasteiger partial charge in [-0.05, 0) is 67.5 Å². The Labute approximate surface area is 201 Å². The topological polar surface area (TPSA) is 62.4 Å². The van der Waals surface area contributed by atoms with Crippen LogP contribution in [0.1, 0.15) is 69.8 Å². The third kappa shape index (κ3) is 4.47. The van der Waals surface area contributed by atoms with Gasteiger partial charge in [-0.15, -0.1) is 0 Å². The third-order valence-electron chi connectivity index (χ3n) is 8.01. The van der Waals surface area contributed by atoms with Crippen LogP contribution in [0.4, 0.5) is 15.8 Å². The van der Waals surface area contributed by atoms with Crippen LogP contribution in [-0.4, -0.2) is 19.1 Å². The molecule has 2 atom stereocenters. The quantitative estimate of drug-likeness (QED) is 0.477. The van der Waals surface area contributed by atoms with Gasteiger partial charge in [-0.2, -0.15) is 0 Å². The third-order valence-corrected chi connectivity index (χ3v) is 8.01. The number of carbonyl (C=O) groups is 1. The van der Waals surface area contributed by atoms with Crippen molar-refractivity contribution < 1.29 is 13.9 Å². The molecule has 1 amide bonds. The van der Waals surface area contributed by atoms with Gasteiger partial charge in [0.2, 0.25) is 5.91 Å². The van der Waals surface area contributed by atoms with Crippen LogP contribution in [-0.2, 0) is 10.5 Å². The molecule has 3 N–H and O–H groups in total. The molecule has 0 spiro atoms. The Balaban J connectivity index is 1.57. The number of nitrogens with one attached hydrogen (secondary N) is 3. The molecular formula is C28H36FN3O2. The van der Waals surface area contributed by atoms with Crippen LogP contribution in [0.25, 0.3) is 0 Å². The maximum atomic E-state index is 14.2. The Hall–Kier alpha value is -2.76. The summed E-state index contributed by atoms with van der Waals surface area (Å²) in [6.45, 7) is 0. The van der Waals surface area contributed by atoms with E-state index in [-0.39, 0.29) is 29.6 Å². The van der Waals surface area contributed by atoms with Crippen LogP contribution in [0.15, 0.2) is 42.5 Å². The second-order valence-corrected chi connectivity index (χ2v) is 10.2. The van der Waals surface area contributed by atoms with E-state index < -0.39 is 5.66 Å². The van der Waals surface area contributed by atoms with E-state index in [1.165, 1.54) is 37.8 Å². The number of hydrogen-bond acceptors (Lipinski definition) is 4. The predicted octanol–water partition coefficient (Wildman–Crippen LogP) is 6.17. The van der Waals surface area contributed by atoms with Crippen LogP contribution in [0.2, 0.25) is 0 Å². The monoisotopic (exact) mass is 465 g/mol. The average molecular weight is 466 g/mol. The van der Waals surface area contributed by atoms with E-state index in [2.05, 4.69) is 16.0 Å². The second-order valence-electron chi connectivity index (χ2n) is 10.2. The maximum Gasteiger partial charge on any atom is 0.228 e. The molecular weight excluding hydrogens is 429 g/mol. The minimum absolute atomic E-state index is 0.0999. The molecule has 5 rings (SSSR count). The van der Waals surface area contributed by atoms with Gasteiger partial charge in [-0.1, -0.05) is 50.7 Å². The zero-order valence-electron chi connectivity index (χ0n) is 20.0. The summed E-state index contributed by atoms with van der Waals surface area (Å²) in [4.78, 5) is 14.1. The average Bonchev–Trinajstić information content (AvgIpc) is 3.24.